The number of halogens is 12. The molecule has 0 aliphatic carbocycles. The average molecular weight is 786 g/mol. The summed E-state index contributed by atoms with van der Waals surface area (Å²) in [5.74, 6) is -18.4. The van der Waals surface area contributed by atoms with Crippen LogP contribution in [0.15, 0.2) is 60.7 Å². The molecule has 0 saturated carbocycles. The van der Waals surface area contributed by atoms with Crippen LogP contribution in [0.1, 0.15) is 63.7 Å². The standard InChI is InChI=1S/C32H14F12O10/c33-29(34,35)20-14(11-4-2-1-3-5-11)10-17(53-15-8-6-12(25(45)46)18(27(49)50)21(15)30(36,37)38)24(23(20)32(42,43)44)54-16-9-7-13(26(47)48)19(28(51)52)22(16)31(39,40)41/h1-10H,(H,45,46)(H,47,48)(H,49,50)(H,51,52). The van der Waals surface area contributed by atoms with Crippen LogP contribution in [0, 0.1) is 0 Å². The minimum absolute atomic E-state index is 0.0287. The van der Waals surface area contributed by atoms with Crippen molar-refractivity contribution in [1.29, 1.82) is 0 Å². The van der Waals surface area contributed by atoms with E-state index in [1.807, 2.05) is 0 Å². The lowest BCUT2D eigenvalue weighted by Crippen LogP contribution is -2.22. The van der Waals surface area contributed by atoms with Crippen molar-refractivity contribution in [3.63, 3.8) is 0 Å². The number of ether oxygens (including phenoxy) is 2. The Kier molecular flexibility index (Phi) is 10.3. The topological polar surface area (TPSA) is 168 Å². The van der Waals surface area contributed by atoms with Gasteiger partial charge in [-0.05, 0) is 41.5 Å². The van der Waals surface area contributed by atoms with Crippen molar-refractivity contribution in [2.24, 2.45) is 0 Å². The zero-order chi connectivity index (χ0) is 40.9. The molecule has 0 bridgehead atoms. The van der Waals surface area contributed by atoms with Crippen LogP contribution in [-0.2, 0) is 24.7 Å². The molecule has 0 unspecified atom stereocenters. The average Bonchev–Trinajstić information content (AvgIpc) is 3.02. The number of aromatic carboxylic acids is 4. The van der Waals surface area contributed by atoms with Crippen LogP contribution in [0.25, 0.3) is 11.1 Å². The lowest BCUT2D eigenvalue weighted by molar-refractivity contribution is -0.162. The van der Waals surface area contributed by atoms with E-state index in [-0.39, 0.29) is 30.3 Å². The first kappa shape index (κ1) is 40.3. The molecule has 0 heterocycles. The van der Waals surface area contributed by atoms with Gasteiger partial charge in [-0.3, -0.25) is 0 Å². The van der Waals surface area contributed by atoms with Gasteiger partial charge in [0.05, 0.1) is 27.8 Å². The predicted molar refractivity (Wildman–Crippen MR) is 153 cm³/mol. The van der Waals surface area contributed by atoms with Crippen LogP contribution in [0.5, 0.6) is 23.0 Å². The SMILES string of the molecule is O=C(O)c1ccc(Oc2cc(-c3ccccc3)c(C(F)(F)F)c(C(F)(F)F)c2Oc2ccc(C(=O)O)c(C(=O)O)c2C(F)(F)F)c(C(F)(F)F)c1C(=O)O. The minimum Gasteiger partial charge on any atom is -0.478 e. The van der Waals surface area contributed by atoms with E-state index < -0.39 is 127 Å². The quantitative estimate of drug-likeness (QED) is 0.120. The van der Waals surface area contributed by atoms with Gasteiger partial charge < -0.3 is 29.9 Å². The smallest absolute Gasteiger partial charge is 0.420 e. The Labute approximate surface area is 290 Å². The first-order valence-corrected chi connectivity index (χ1v) is 13.9. The fraction of sp³-hybridized carbons (Fsp3) is 0.125. The summed E-state index contributed by atoms with van der Waals surface area (Å²) in [5.41, 5.74) is -20.8. The molecule has 4 aromatic rings. The zero-order valence-electron chi connectivity index (χ0n) is 25.5. The second kappa shape index (κ2) is 13.8. The largest absolute Gasteiger partial charge is 0.478 e. The number of benzene rings is 4. The molecule has 4 aromatic carbocycles. The first-order chi connectivity index (χ1) is 24.7. The first-order valence-electron chi connectivity index (χ1n) is 13.9. The van der Waals surface area contributed by atoms with Crippen molar-refractivity contribution in [2.75, 3.05) is 0 Å². The molecule has 22 heteroatoms. The highest BCUT2D eigenvalue weighted by Gasteiger charge is 2.51. The van der Waals surface area contributed by atoms with Gasteiger partial charge in [-0.1, -0.05) is 30.3 Å². The van der Waals surface area contributed by atoms with Gasteiger partial charge in [-0.25, -0.2) is 19.2 Å². The molecule has 0 spiro atoms. The lowest BCUT2D eigenvalue weighted by Gasteiger charge is -2.26. The Bertz CT molecular complexity index is 2190. The van der Waals surface area contributed by atoms with E-state index in [0.717, 1.165) is 24.3 Å². The van der Waals surface area contributed by atoms with Gasteiger partial charge in [-0.2, -0.15) is 52.7 Å². The van der Waals surface area contributed by atoms with Crippen LogP contribution in [0.4, 0.5) is 52.7 Å². The highest BCUT2D eigenvalue weighted by atomic mass is 19.4. The maximum absolute atomic E-state index is 14.9. The van der Waals surface area contributed by atoms with Gasteiger partial charge in [0.25, 0.3) is 0 Å². The van der Waals surface area contributed by atoms with E-state index in [0.29, 0.717) is 0 Å². The lowest BCUT2D eigenvalue weighted by atomic mass is 9.92. The van der Waals surface area contributed by atoms with E-state index in [1.165, 1.54) is 6.07 Å². The van der Waals surface area contributed by atoms with Crippen LogP contribution in [0.3, 0.4) is 0 Å². The molecule has 0 aromatic heterocycles. The molecule has 4 N–H and O–H groups in total. The van der Waals surface area contributed by atoms with Crippen molar-refractivity contribution < 1.29 is 102 Å². The second-order valence-electron chi connectivity index (χ2n) is 10.5. The fourth-order valence-corrected chi connectivity index (χ4v) is 5.16. The van der Waals surface area contributed by atoms with Crippen molar-refractivity contribution >= 4 is 23.9 Å². The predicted octanol–water partition coefficient (Wildman–Crippen LogP) is 9.81. The molecule has 0 aliphatic heterocycles. The number of alkyl halides is 12. The zero-order valence-corrected chi connectivity index (χ0v) is 25.5. The number of carbonyl (C=O) groups is 4. The molecule has 54 heavy (non-hydrogen) atoms. The van der Waals surface area contributed by atoms with E-state index in [2.05, 4.69) is 0 Å². The molecule has 4 rings (SSSR count). The van der Waals surface area contributed by atoms with Crippen LogP contribution in [-0.4, -0.2) is 44.3 Å². The van der Waals surface area contributed by atoms with Crippen molar-refractivity contribution in [3.8, 4) is 34.1 Å². The van der Waals surface area contributed by atoms with Gasteiger partial charge >= 0.3 is 48.6 Å². The Hall–Kier alpha value is -6.48. The normalized spacial score (nSPS) is 12.3. The fourth-order valence-electron chi connectivity index (χ4n) is 5.16. The maximum Gasteiger partial charge on any atom is 0.420 e. The summed E-state index contributed by atoms with van der Waals surface area (Å²) in [5, 5.41) is 37.5. The molecule has 0 saturated heterocycles. The molecule has 0 atom stereocenters. The highest BCUT2D eigenvalue weighted by Crippen LogP contribution is 2.56. The Morgan fingerprint density at radius 2 is 0.833 bits per heavy atom. The van der Waals surface area contributed by atoms with Crippen molar-refractivity contribution in [2.45, 2.75) is 24.7 Å². The summed E-state index contributed by atoms with van der Waals surface area (Å²) in [6, 6.07) is 4.76. The third kappa shape index (κ3) is 7.80. The van der Waals surface area contributed by atoms with Gasteiger partial charge in [0, 0.05) is 0 Å². The van der Waals surface area contributed by atoms with Gasteiger partial charge in [0.1, 0.15) is 28.2 Å². The van der Waals surface area contributed by atoms with E-state index in [9.17, 15) is 92.3 Å². The molecule has 286 valence electrons. The van der Waals surface area contributed by atoms with E-state index in [1.54, 1.807) is 0 Å². The van der Waals surface area contributed by atoms with E-state index in [4.69, 9.17) is 9.47 Å². The third-order valence-corrected chi connectivity index (χ3v) is 7.12. The summed E-state index contributed by atoms with van der Waals surface area (Å²) in [4.78, 5) is 46.9. The highest BCUT2D eigenvalue weighted by molar-refractivity contribution is 6.04. The summed E-state index contributed by atoms with van der Waals surface area (Å²) in [6.07, 6.45) is -24.6. The van der Waals surface area contributed by atoms with Crippen LogP contribution >= 0.6 is 0 Å². The van der Waals surface area contributed by atoms with Crippen molar-refractivity contribution in [3.05, 3.63) is 105 Å². The van der Waals surface area contributed by atoms with E-state index >= 15 is 0 Å². The summed E-state index contributed by atoms with van der Waals surface area (Å²) >= 11 is 0. The number of carboxylic acid groups (broad SMARTS) is 4. The molecule has 0 aliphatic rings. The molecule has 0 fully saturated rings. The Morgan fingerprint density at radius 3 is 1.19 bits per heavy atom. The second-order valence-corrected chi connectivity index (χ2v) is 10.5. The Balaban J connectivity index is 2.29. The Morgan fingerprint density at radius 1 is 0.444 bits per heavy atom. The van der Waals surface area contributed by atoms with Crippen LogP contribution < -0.4 is 9.47 Å². The van der Waals surface area contributed by atoms with Gasteiger partial charge in [-0.15, -0.1) is 0 Å². The molecular formula is C32H14F12O10. The van der Waals surface area contributed by atoms with Crippen molar-refractivity contribution in [1.82, 2.24) is 0 Å². The third-order valence-electron chi connectivity index (χ3n) is 7.12. The molecule has 0 radical (unpaired) electrons. The van der Waals surface area contributed by atoms with Crippen LogP contribution in [0.2, 0.25) is 0 Å². The number of rotatable bonds is 9. The summed E-state index contributed by atoms with van der Waals surface area (Å²) in [7, 11) is 0. The molecular weight excluding hydrogens is 772 g/mol. The number of hydrogen-bond acceptors (Lipinski definition) is 6. The summed E-state index contributed by atoms with van der Waals surface area (Å²) in [6.45, 7) is 0. The maximum atomic E-state index is 14.9. The molecule has 0 amide bonds. The minimum atomic E-state index is -6.38. The number of carboxylic acids is 4. The summed E-state index contributed by atoms with van der Waals surface area (Å²) < 4.78 is 185. The number of hydrogen-bond donors (Lipinski definition) is 4. The van der Waals surface area contributed by atoms with Gasteiger partial charge in [0.15, 0.2) is 11.5 Å². The molecule has 10 nitrogen and oxygen atoms in total. The van der Waals surface area contributed by atoms with Gasteiger partial charge in [0.2, 0.25) is 0 Å². The monoisotopic (exact) mass is 786 g/mol.